The number of rotatable bonds is 2. The monoisotopic (exact) mass is 314 g/mol. The highest BCUT2D eigenvalue weighted by atomic mass is 19.1. The second-order valence-corrected chi connectivity index (χ2v) is 5.51. The van der Waals surface area contributed by atoms with E-state index in [9.17, 15) is 19.3 Å². The number of nitro benzene ring substituents is 1. The maximum atomic E-state index is 14.2. The van der Waals surface area contributed by atoms with E-state index in [1.54, 1.807) is 18.2 Å². The molecule has 0 unspecified atom stereocenters. The minimum Gasteiger partial charge on any atom is -0.305 e. The van der Waals surface area contributed by atoms with E-state index in [2.05, 4.69) is 0 Å². The van der Waals surface area contributed by atoms with Crippen LogP contribution >= 0.6 is 0 Å². The van der Waals surface area contributed by atoms with Gasteiger partial charge in [0.2, 0.25) is 0 Å². The lowest BCUT2D eigenvalue weighted by atomic mass is 9.99. The summed E-state index contributed by atoms with van der Waals surface area (Å²) >= 11 is 0. The lowest BCUT2D eigenvalue weighted by molar-refractivity contribution is -0.385. The SMILES string of the molecule is Cc1c(C(=O)N2CCCc3cccc(F)c32)cccc1[N+](=O)[O-]. The number of hydrogen-bond donors (Lipinski definition) is 0. The third-order valence-corrected chi connectivity index (χ3v) is 4.15. The van der Waals surface area contributed by atoms with Crippen LogP contribution in [0.4, 0.5) is 15.8 Å². The summed E-state index contributed by atoms with van der Waals surface area (Å²) in [5, 5.41) is 11.0. The molecule has 2 aromatic rings. The number of nitro groups is 1. The summed E-state index contributed by atoms with van der Waals surface area (Å²) in [4.78, 5) is 24.8. The molecule has 2 aromatic carbocycles. The Hall–Kier alpha value is -2.76. The summed E-state index contributed by atoms with van der Waals surface area (Å²) in [5.41, 5.74) is 1.49. The molecule has 0 N–H and O–H groups in total. The molecule has 0 bridgehead atoms. The van der Waals surface area contributed by atoms with Gasteiger partial charge in [-0.05, 0) is 37.5 Å². The van der Waals surface area contributed by atoms with Crippen LogP contribution in [-0.4, -0.2) is 17.4 Å². The number of hydrogen-bond acceptors (Lipinski definition) is 3. The molecule has 1 amide bonds. The molecule has 5 nitrogen and oxygen atoms in total. The first kappa shape index (κ1) is 15.1. The van der Waals surface area contributed by atoms with Crippen LogP contribution < -0.4 is 4.90 Å². The van der Waals surface area contributed by atoms with Crippen molar-refractivity contribution in [3.8, 4) is 0 Å². The molecule has 0 fully saturated rings. The summed E-state index contributed by atoms with van der Waals surface area (Å²) in [6.45, 7) is 1.94. The fourth-order valence-electron chi connectivity index (χ4n) is 3.00. The summed E-state index contributed by atoms with van der Waals surface area (Å²) in [6.07, 6.45) is 1.45. The molecule has 23 heavy (non-hydrogen) atoms. The Bertz CT molecular complexity index is 804. The van der Waals surface area contributed by atoms with Gasteiger partial charge in [0.1, 0.15) is 5.82 Å². The van der Waals surface area contributed by atoms with Crippen LogP contribution in [0.2, 0.25) is 0 Å². The molecule has 6 heteroatoms. The number of benzene rings is 2. The first-order chi connectivity index (χ1) is 11.0. The number of para-hydroxylation sites is 1. The van der Waals surface area contributed by atoms with Crippen LogP contribution in [0.5, 0.6) is 0 Å². The van der Waals surface area contributed by atoms with Crippen molar-refractivity contribution < 1.29 is 14.1 Å². The zero-order valence-electron chi connectivity index (χ0n) is 12.6. The van der Waals surface area contributed by atoms with Crippen molar-refractivity contribution >= 4 is 17.3 Å². The lowest BCUT2D eigenvalue weighted by Gasteiger charge is -2.30. The van der Waals surface area contributed by atoms with Crippen LogP contribution in [0.25, 0.3) is 0 Å². The Morgan fingerprint density at radius 2 is 2.00 bits per heavy atom. The Balaban J connectivity index is 2.07. The second kappa shape index (κ2) is 5.79. The predicted molar refractivity (Wildman–Crippen MR) is 84.2 cm³/mol. The summed E-state index contributed by atoms with van der Waals surface area (Å²) < 4.78 is 14.2. The molecule has 3 rings (SSSR count). The number of anilines is 1. The van der Waals surface area contributed by atoms with Crippen molar-refractivity contribution in [3.05, 3.63) is 69.0 Å². The third kappa shape index (κ3) is 2.56. The molecule has 1 aliphatic heterocycles. The maximum absolute atomic E-state index is 14.2. The first-order valence-electron chi connectivity index (χ1n) is 7.34. The van der Waals surface area contributed by atoms with E-state index in [1.807, 2.05) is 0 Å². The quantitative estimate of drug-likeness (QED) is 0.628. The first-order valence-corrected chi connectivity index (χ1v) is 7.34. The Kier molecular flexibility index (Phi) is 3.82. The van der Waals surface area contributed by atoms with Crippen LogP contribution in [0.1, 0.15) is 27.9 Å². The molecule has 118 valence electrons. The average molecular weight is 314 g/mol. The van der Waals surface area contributed by atoms with Gasteiger partial charge in [0, 0.05) is 23.7 Å². The summed E-state index contributed by atoms with van der Waals surface area (Å²) in [5.74, 6) is -0.851. The predicted octanol–water partition coefficient (Wildman–Crippen LogP) is 3.64. The lowest BCUT2D eigenvalue weighted by Crippen LogP contribution is -2.36. The zero-order chi connectivity index (χ0) is 16.6. The maximum Gasteiger partial charge on any atom is 0.273 e. The minimum atomic E-state index is -0.517. The molecule has 0 aliphatic carbocycles. The smallest absolute Gasteiger partial charge is 0.273 e. The molecule has 0 saturated heterocycles. The van der Waals surface area contributed by atoms with Crippen molar-refractivity contribution in [1.29, 1.82) is 0 Å². The van der Waals surface area contributed by atoms with Gasteiger partial charge >= 0.3 is 0 Å². The van der Waals surface area contributed by atoms with Gasteiger partial charge in [-0.2, -0.15) is 0 Å². The zero-order valence-corrected chi connectivity index (χ0v) is 12.6. The van der Waals surface area contributed by atoms with E-state index < -0.39 is 16.6 Å². The standard InChI is InChI=1S/C17H15FN2O3/c1-11-13(7-3-9-15(11)20(22)23)17(21)19-10-4-6-12-5-2-8-14(18)16(12)19/h2-3,5,7-9H,4,6,10H2,1H3. The van der Waals surface area contributed by atoms with Crippen molar-refractivity contribution in [1.82, 2.24) is 0 Å². The van der Waals surface area contributed by atoms with Gasteiger partial charge in [-0.25, -0.2) is 4.39 Å². The van der Waals surface area contributed by atoms with Gasteiger partial charge in [0.25, 0.3) is 11.6 Å². The van der Waals surface area contributed by atoms with Crippen molar-refractivity contribution in [2.24, 2.45) is 0 Å². The van der Waals surface area contributed by atoms with E-state index in [-0.39, 0.29) is 16.9 Å². The third-order valence-electron chi connectivity index (χ3n) is 4.15. The normalized spacial score (nSPS) is 13.6. The molecule has 0 saturated carbocycles. The summed E-state index contributed by atoms with van der Waals surface area (Å²) in [7, 11) is 0. The van der Waals surface area contributed by atoms with Gasteiger partial charge < -0.3 is 4.90 Å². The highest BCUT2D eigenvalue weighted by Gasteiger charge is 2.28. The number of carbonyl (C=O) groups is 1. The van der Waals surface area contributed by atoms with Gasteiger partial charge in [-0.3, -0.25) is 14.9 Å². The minimum absolute atomic E-state index is 0.110. The fraction of sp³-hybridized carbons (Fsp3) is 0.235. The number of aryl methyl sites for hydroxylation is 1. The largest absolute Gasteiger partial charge is 0.305 e. The van der Waals surface area contributed by atoms with Crippen LogP contribution in [0.15, 0.2) is 36.4 Å². The Morgan fingerprint density at radius 3 is 2.74 bits per heavy atom. The Labute approximate surface area is 132 Å². The van der Waals surface area contributed by atoms with E-state index in [1.165, 1.54) is 30.0 Å². The van der Waals surface area contributed by atoms with E-state index >= 15 is 0 Å². The fourth-order valence-corrected chi connectivity index (χ4v) is 3.00. The molecule has 0 radical (unpaired) electrons. The number of fused-ring (bicyclic) bond motifs is 1. The Morgan fingerprint density at radius 1 is 1.26 bits per heavy atom. The van der Waals surface area contributed by atoms with Gasteiger partial charge in [-0.15, -0.1) is 0 Å². The molecule has 0 spiro atoms. The van der Waals surface area contributed by atoms with Crippen molar-refractivity contribution in [3.63, 3.8) is 0 Å². The number of amides is 1. The highest BCUT2D eigenvalue weighted by molar-refractivity contribution is 6.08. The molecular weight excluding hydrogens is 299 g/mol. The van der Waals surface area contributed by atoms with Gasteiger partial charge in [-0.1, -0.05) is 18.2 Å². The van der Waals surface area contributed by atoms with E-state index in [0.29, 0.717) is 18.5 Å². The molecule has 0 atom stereocenters. The van der Waals surface area contributed by atoms with Crippen LogP contribution in [0, 0.1) is 22.9 Å². The number of halogens is 1. The van der Waals surface area contributed by atoms with Crippen molar-refractivity contribution in [2.75, 3.05) is 11.4 Å². The summed E-state index contributed by atoms with van der Waals surface area (Å²) in [6, 6.07) is 9.13. The topological polar surface area (TPSA) is 63.5 Å². The van der Waals surface area contributed by atoms with E-state index in [0.717, 1.165) is 12.0 Å². The van der Waals surface area contributed by atoms with Gasteiger partial charge in [0.05, 0.1) is 10.6 Å². The van der Waals surface area contributed by atoms with Crippen LogP contribution in [0.3, 0.4) is 0 Å². The molecule has 1 heterocycles. The number of carbonyl (C=O) groups excluding carboxylic acids is 1. The number of nitrogens with zero attached hydrogens (tertiary/aromatic N) is 2. The molecule has 0 aromatic heterocycles. The molecule has 1 aliphatic rings. The van der Waals surface area contributed by atoms with E-state index in [4.69, 9.17) is 0 Å². The van der Waals surface area contributed by atoms with Gasteiger partial charge in [0.15, 0.2) is 0 Å². The molecular formula is C17H15FN2O3. The van der Waals surface area contributed by atoms with Crippen molar-refractivity contribution in [2.45, 2.75) is 19.8 Å². The highest BCUT2D eigenvalue weighted by Crippen LogP contribution is 2.32. The second-order valence-electron chi connectivity index (χ2n) is 5.51. The average Bonchev–Trinajstić information content (AvgIpc) is 2.54. The van der Waals surface area contributed by atoms with Crippen LogP contribution in [-0.2, 0) is 6.42 Å².